The molecule has 0 fully saturated rings. The van der Waals surface area contributed by atoms with Gasteiger partial charge in [0.25, 0.3) is 5.91 Å². The number of carbonyl (C=O) groups is 1. The second-order valence-corrected chi connectivity index (χ2v) is 4.27. The Labute approximate surface area is 112 Å². The zero-order chi connectivity index (χ0) is 13.7. The van der Waals surface area contributed by atoms with Gasteiger partial charge < -0.3 is 10.6 Å². The second-order valence-electron chi connectivity index (χ2n) is 4.27. The van der Waals surface area contributed by atoms with Crippen molar-refractivity contribution < 1.29 is 4.79 Å². The molecule has 0 aliphatic heterocycles. The number of carbonyl (C=O) groups excluding carboxylic acids is 1. The van der Waals surface area contributed by atoms with E-state index in [4.69, 9.17) is 5.73 Å². The van der Waals surface area contributed by atoms with E-state index in [1.54, 1.807) is 30.3 Å². The van der Waals surface area contributed by atoms with E-state index in [-0.39, 0.29) is 5.91 Å². The molecule has 2 rings (SSSR count). The minimum atomic E-state index is -0.0492. The molecule has 0 radical (unpaired) electrons. The van der Waals surface area contributed by atoms with E-state index < -0.39 is 0 Å². The van der Waals surface area contributed by atoms with Gasteiger partial charge in [0.05, 0.1) is 0 Å². The molecule has 0 bridgehead atoms. The standard InChI is InChI=1S/C15H17N3O/c1-18(14-5-3-2-4-6-14)15(19)12-8-10-17-13(11-12)7-9-16/h2-6,8,10-11H,7,9,16H2,1H3. The third kappa shape index (κ3) is 3.17. The minimum Gasteiger partial charge on any atom is -0.330 e. The lowest BCUT2D eigenvalue weighted by molar-refractivity contribution is 0.0993. The Balaban J connectivity index is 2.22. The summed E-state index contributed by atoms with van der Waals surface area (Å²) in [6.07, 6.45) is 2.33. The van der Waals surface area contributed by atoms with Crippen molar-refractivity contribution >= 4 is 11.6 Å². The van der Waals surface area contributed by atoms with Crippen molar-refractivity contribution in [3.05, 3.63) is 59.9 Å². The predicted octanol–water partition coefficient (Wildman–Crippen LogP) is 1.86. The summed E-state index contributed by atoms with van der Waals surface area (Å²) in [6.45, 7) is 0.527. The molecule has 4 nitrogen and oxygen atoms in total. The normalized spacial score (nSPS) is 10.2. The summed E-state index contributed by atoms with van der Waals surface area (Å²) in [5.74, 6) is -0.0492. The molecule has 19 heavy (non-hydrogen) atoms. The quantitative estimate of drug-likeness (QED) is 0.907. The molecule has 98 valence electrons. The highest BCUT2D eigenvalue weighted by molar-refractivity contribution is 6.05. The number of pyridine rings is 1. The molecule has 0 aliphatic carbocycles. The lowest BCUT2D eigenvalue weighted by Crippen LogP contribution is -2.26. The van der Waals surface area contributed by atoms with Crippen molar-refractivity contribution in [1.82, 2.24) is 4.98 Å². The van der Waals surface area contributed by atoms with E-state index in [1.165, 1.54) is 0 Å². The highest BCUT2D eigenvalue weighted by Crippen LogP contribution is 2.15. The van der Waals surface area contributed by atoms with Crippen LogP contribution in [-0.2, 0) is 6.42 Å². The van der Waals surface area contributed by atoms with Crippen LogP contribution in [-0.4, -0.2) is 24.5 Å². The van der Waals surface area contributed by atoms with Gasteiger partial charge in [0, 0.05) is 36.6 Å². The van der Waals surface area contributed by atoms with Crippen LogP contribution in [0.5, 0.6) is 0 Å². The van der Waals surface area contributed by atoms with Gasteiger partial charge in [0.2, 0.25) is 0 Å². The second kappa shape index (κ2) is 6.11. The fourth-order valence-electron chi connectivity index (χ4n) is 1.86. The molecule has 1 aromatic carbocycles. The van der Waals surface area contributed by atoms with Crippen LogP contribution in [0.3, 0.4) is 0 Å². The molecular weight excluding hydrogens is 238 g/mol. The Kier molecular flexibility index (Phi) is 4.26. The number of nitrogens with zero attached hydrogens (tertiary/aromatic N) is 2. The van der Waals surface area contributed by atoms with E-state index in [0.717, 1.165) is 11.4 Å². The number of aromatic nitrogens is 1. The first kappa shape index (κ1) is 13.2. The van der Waals surface area contributed by atoms with Crippen molar-refractivity contribution in [2.75, 3.05) is 18.5 Å². The van der Waals surface area contributed by atoms with Crippen LogP contribution >= 0.6 is 0 Å². The van der Waals surface area contributed by atoms with E-state index in [0.29, 0.717) is 18.5 Å². The van der Waals surface area contributed by atoms with Gasteiger partial charge in [-0.05, 0) is 30.8 Å². The third-order valence-electron chi connectivity index (χ3n) is 2.91. The highest BCUT2D eigenvalue weighted by Gasteiger charge is 2.13. The van der Waals surface area contributed by atoms with Crippen LogP contribution in [0, 0.1) is 0 Å². The maximum atomic E-state index is 12.4. The van der Waals surface area contributed by atoms with E-state index in [9.17, 15) is 4.79 Å². The average molecular weight is 255 g/mol. The van der Waals surface area contributed by atoms with Crippen molar-refractivity contribution in [3.8, 4) is 0 Å². The molecule has 0 aliphatic rings. The van der Waals surface area contributed by atoms with Gasteiger partial charge in [0.1, 0.15) is 0 Å². The number of hydrogen-bond donors (Lipinski definition) is 1. The molecule has 1 amide bonds. The molecule has 2 N–H and O–H groups in total. The highest BCUT2D eigenvalue weighted by atomic mass is 16.2. The van der Waals surface area contributed by atoms with Crippen molar-refractivity contribution in [1.29, 1.82) is 0 Å². The molecular formula is C15H17N3O. The molecule has 0 unspecified atom stereocenters. The average Bonchev–Trinajstić information content (AvgIpc) is 2.47. The van der Waals surface area contributed by atoms with Crippen molar-refractivity contribution in [3.63, 3.8) is 0 Å². The Morgan fingerprint density at radius 2 is 2.00 bits per heavy atom. The monoisotopic (exact) mass is 255 g/mol. The Bertz CT molecular complexity index is 554. The Morgan fingerprint density at radius 1 is 1.26 bits per heavy atom. The van der Waals surface area contributed by atoms with Gasteiger partial charge in [-0.1, -0.05) is 18.2 Å². The van der Waals surface area contributed by atoms with Crippen molar-refractivity contribution in [2.45, 2.75) is 6.42 Å². The molecule has 2 aromatic rings. The van der Waals surface area contributed by atoms with Gasteiger partial charge in [0.15, 0.2) is 0 Å². The topological polar surface area (TPSA) is 59.2 Å². The molecule has 0 saturated carbocycles. The molecule has 1 heterocycles. The number of amides is 1. The van der Waals surface area contributed by atoms with Gasteiger partial charge in [-0.25, -0.2) is 0 Å². The molecule has 4 heteroatoms. The van der Waals surface area contributed by atoms with Crippen LogP contribution in [0.25, 0.3) is 0 Å². The number of nitrogens with two attached hydrogens (primary N) is 1. The summed E-state index contributed by atoms with van der Waals surface area (Å²) in [4.78, 5) is 18.2. The number of hydrogen-bond acceptors (Lipinski definition) is 3. The SMILES string of the molecule is CN(C(=O)c1ccnc(CCN)c1)c1ccccc1. The summed E-state index contributed by atoms with van der Waals surface area (Å²) in [5, 5.41) is 0. The van der Waals surface area contributed by atoms with Crippen molar-refractivity contribution in [2.24, 2.45) is 5.73 Å². The van der Waals surface area contributed by atoms with E-state index in [2.05, 4.69) is 4.98 Å². The first-order chi connectivity index (χ1) is 9.22. The fraction of sp³-hybridized carbons (Fsp3) is 0.200. The molecule has 0 spiro atoms. The molecule has 0 saturated heterocycles. The predicted molar refractivity (Wildman–Crippen MR) is 76.2 cm³/mol. The smallest absolute Gasteiger partial charge is 0.258 e. The summed E-state index contributed by atoms with van der Waals surface area (Å²) in [7, 11) is 1.76. The number of benzene rings is 1. The maximum Gasteiger partial charge on any atom is 0.258 e. The van der Waals surface area contributed by atoms with Crippen LogP contribution in [0.2, 0.25) is 0 Å². The van der Waals surface area contributed by atoms with Crippen LogP contribution in [0.1, 0.15) is 16.1 Å². The van der Waals surface area contributed by atoms with Gasteiger partial charge in [-0.2, -0.15) is 0 Å². The lowest BCUT2D eigenvalue weighted by Gasteiger charge is -2.17. The number of anilines is 1. The van der Waals surface area contributed by atoms with Crippen LogP contribution in [0.15, 0.2) is 48.7 Å². The summed E-state index contributed by atoms with van der Waals surface area (Å²) in [5.41, 5.74) is 7.84. The summed E-state index contributed by atoms with van der Waals surface area (Å²) in [6, 6.07) is 13.1. The zero-order valence-corrected chi connectivity index (χ0v) is 10.9. The first-order valence-electron chi connectivity index (χ1n) is 6.20. The van der Waals surface area contributed by atoms with Gasteiger partial charge >= 0.3 is 0 Å². The zero-order valence-electron chi connectivity index (χ0n) is 10.9. The van der Waals surface area contributed by atoms with E-state index in [1.807, 2.05) is 30.3 Å². The maximum absolute atomic E-state index is 12.4. The summed E-state index contributed by atoms with van der Waals surface area (Å²) >= 11 is 0. The first-order valence-corrected chi connectivity index (χ1v) is 6.20. The summed E-state index contributed by atoms with van der Waals surface area (Å²) < 4.78 is 0. The van der Waals surface area contributed by atoms with Gasteiger partial charge in [-0.15, -0.1) is 0 Å². The minimum absolute atomic E-state index is 0.0492. The Hall–Kier alpha value is -2.20. The lowest BCUT2D eigenvalue weighted by atomic mass is 10.1. The Morgan fingerprint density at radius 3 is 2.68 bits per heavy atom. The van der Waals surface area contributed by atoms with E-state index >= 15 is 0 Å². The third-order valence-corrected chi connectivity index (χ3v) is 2.91. The molecule has 1 aromatic heterocycles. The fourth-order valence-corrected chi connectivity index (χ4v) is 1.86. The number of rotatable bonds is 4. The van der Waals surface area contributed by atoms with Crippen LogP contribution in [0.4, 0.5) is 5.69 Å². The van der Waals surface area contributed by atoms with Gasteiger partial charge in [-0.3, -0.25) is 9.78 Å². The largest absolute Gasteiger partial charge is 0.330 e. The van der Waals surface area contributed by atoms with Crippen LogP contribution < -0.4 is 10.6 Å². The number of para-hydroxylation sites is 1. The molecule has 0 atom stereocenters.